The lowest BCUT2D eigenvalue weighted by molar-refractivity contribution is -0.120. The molecule has 0 aromatic heterocycles. The summed E-state index contributed by atoms with van der Waals surface area (Å²) in [4.78, 5) is 13.0. The highest BCUT2D eigenvalue weighted by atomic mass is 32.2. The van der Waals surface area contributed by atoms with Gasteiger partial charge in [-0.15, -0.1) is 0 Å². The first-order chi connectivity index (χ1) is 14.3. The number of hydrogen-bond acceptors (Lipinski definition) is 4. The average molecular weight is 431 g/mol. The van der Waals surface area contributed by atoms with Crippen molar-refractivity contribution in [2.24, 2.45) is 5.92 Å². The molecule has 1 aliphatic rings. The molecule has 7 heteroatoms. The van der Waals surface area contributed by atoms with Gasteiger partial charge in [0.1, 0.15) is 5.75 Å². The smallest absolute Gasteiger partial charge is 0.243 e. The third-order valence-electron chi connectivity index (χ3n) is 5.45. The SMILES string of the molecule is CCOc1ccccc1NC(=O)C1CCN(S(=O)(=O)c2ccc(C(C)C)cc2)CC1. The van der Waals surface area contributed by atoms with Crippen molar-refractivity contribution < 1.29 is 17.9 Å². The Kier molecular flexibility index (Phi) is 7.15. The highest BCUT2D eigenvalue weighted by Gasteiger charge is 2.32. The number of para-hydroxylation sites is 2. The Morgan fingerprint density at radius 3 is 2.33 bits per heavy atom. The van der Waals surface area contributed by atoms with Crippen LogP contribution in [0.4, 0.5) is 5.69 Å². The number of sulfonamides is 1. The molecule has 1 N–H and O–H groups in total. The van der Waals surface area contributed by atoms with Crippen LogP contribution in [0.25, 0.3) is 0 Å². The number of anilines is 1. The number of benzene rings is 2. The van der Waals surface area contributed by atoms with E-state index >= 15 is 0 Å². The van der Waals surface area contributed by atoms with Gasteiger partial charge in [-0.25, -0.2) is 8.42 Å². The summed E-state index contributed by atoms with van der Waals surface area (Å²) in [5, 5.41) is 2.94. The molecule has 0 spiro atoms. The van der Waals surface area contributed by atoms with Crippen molar-refractivity contribution in [3.8, 4) is 5.75 Å². The van der Waals surface area contributed by atoms with Crippen LogP contribution in [0, 0.1) is 5.92 Å². The highest BCUT2D eigenvalue weighted by Crippen LogP contribution is 2.28. The van der Waals surface area contributed by atoms with Crippen molar-refractivity contribution in [3.05, 3.63) is 54.1 Å². The van der Waals surface area contributed by atoms with Crippen molar-refractivity contribution >= 4 is 21.6 Å². The second-order valence-corrected chi connectivity index (χ2v) is 9.76. The maximum absolute atomic E-state index is 13.0. The number of piperidine rings is 1. The van der Waals surface area contributed by atoms with Gasteiger partial charge in [0.05, 0.1) is 17.2 Å². The minimum Gasteiger partial charge on any atom is -0.492 e. The number of carbonyl (C=O) groups excluding carboxylic acids is 1. The van der Waals surface area contributed by atoms with Crippen LogP contribution in [0.1, 0.15) is 45.1 Å². The Bertz CT molecular complexity index is 963. The van der Waals surface area contributed by atoms with Gasteiger partial charge in [-0.05, 0) is 55.5 Å². The first kappa shape index (κ1) is 22.3. The molecule has 2 aromatic carbocycles. The number of rotatable bonds is 7. The molecule has 1 fully saturated rings. The number of nitrogens with one attached hydrogen (secondary N) is 1. The Hall–Kier alpha value is -2.38. The molecule has 0 aliphatic carbocycles. The maximum atomic E-state index is 13.0. The first-order valence-corrected chi connectivity index (χ1v) is 11.9. The molecule has 0 radical (unpaired) electrons. The predicted molar refractivity (Wildman–Crippen MR) is 118 cm³/mol. The molecule has 30 heavy (non-hydrogen) atoms. The minimum absolute atomic E-state index is 0.0968. The summed E-state index contributed by atoms with van der Waals surface area (Å²) in [7, 11) is -3.54. The fourth-order valence-electron chi connectivity index (χ4n) is 3.62. The molecular weight excluding hydrogens is 400 g/mol. The van der Waals surface area contributed by atoms with Gasteiger partial charge in [-0.3, -0.25) is 4.79 Å². The van der Waals surface area contributed by atoms with Gasteiger partial charge in [-0.1, -0.05) is 38.1 Å². The third-order valence-corrected chi connectivity index (χ3v) is 7.37. The molecule has 6 nitrogen and oxygen atoms in total. The third kappa shape index (κ3) is 5.02. The fraction of sp³-hybridized carbons (Fsp3) is 0.435. The van der Waals surface area contributed by atoms with Gasteiger partial charge in [0.15, 0.2) is 0 Å². The average Bonchev–Trinajstić information content (AvgIpc) is 2.75. The second-order valence-electron chi connectivity index (χ2n) is 7.82. The Morgan fingerprint density at radius 2 is 1.73 bits per heavy atom. The van der Waals surface area contributed by atoms with Crippen LogP contribution in [0.15, 0.2) is 53.4 Å². The Balaban J connectivity index is 1.62. The molecule has 1 amide bonds. The van der Waals surface area contributed by atoms with E-state index in [2.05, 4.69) is 19.2 Å². The van der Waals surface area contributed by atoms with Crippen molar-refractivity contribution in [2.75, 3.05) is 25.0 Å². The maximum Gasteiger partial charge on any atom is 0.243 e. The molecule has 162 valence electrons. The molecule has 2 aromatic rings. The van der Waals surface area contributed by atoms with Crippen molar-refractivity contribution in [2.45, 2.75) is 44.4 Å². The summed E-state index contributed by atoms with van der Waals surface area (Å²) < 4.78 is 33.0. The zero-order chi connectivity index (χ0) is 21.7. The van der Waals surface area contributed by atoms with Gasteiger partial charge in [0.25, 0.3) is 0 Å². The quantitative estimate of drug-likeness (QED) is 0.713. The molecule has 0 saturated carbocycles. The van der Waals surface area contributed by atoms with Gasteiger partial charge < -0.3 is 10.1 Å². The van der Waals surface area contributed by atoms with Crippen LogP contribution < -0.4 is 10.1 Å². The molecule has 0 bridgehead atoms. The van der Waals surface area contributed by atoms with Gasteiger partial charge in [-0.2, -0.15) is 4.31 Å². The molecule has 0 atom stereocenters. The van der Waals surface area contributed by atoms with Crippen molar-refractivity contribution in [1.82, 2.24) is 4.31 Å². The zero-order valence-corrected chi connectivity index (χ0v) is 18.6. The second kappa shape index (κ2) is 9.62. The van der Waals surface area contributed by atoms with Crippen LogP contribution in [0.3, 0.4) is 0 Å². The first-order valence-electron chi connectivity index (χ1n) is 10.5. The summed E-state index contributed by atoms with van der Waals surface area (Å²) in [6, 6.07) is 14.4. The summed E-state index contributed by atoms with van der Waals surface area (Å²) in [6.07, 6.45) is 0.984. The standard InChI is InChI=1S/C23H30N2O4S/c1-4-29-22-8-6-5-7-21(22)24-23(26)19-13-15-25(16-14-19)30(27,28)20-11-9-18(10-12-20)17(2)3/h5-12,17,19H,4,13-16H2,1-3H3,(H,24,26). The van der Waals surface area contributed by atoms with E-state index in [1.54, 1.807) is 12.1 Å². The van der Waals surface area contributed by atoms with E-state index in [0.29, 0.717) is 54.8 Å². The van der Waals surface area contributed by atoms with Gasteiger partial charge in [0.2, 0.25) is 15.9 Å². The number of amides is 1. The lowest BCUT2D eigenvalue weighted by Gasteiger charge is -2.30. The normalized spacial score (nSPS) is 15.9. The monoisotopic (exact) mass is 430 g/mol. The van der Waals surface area contributed by atoms with E-state index in [1.165, 1.54) is 4.31 Å². The number of ether oxygens (including phenoxy) is 1. The summed E-state index contributed by atoms with van der Waals surface area (Å²) in [5.41, 5.74) is 1.75. The van der Waals surface area contributed by atoms with E-state index in [1.807, 2.05) is 43.3 Å². The van der Waals surface area contributed by atoms with E-state index in [0.717, 1.165) is 5.56 Å². The highest BCUT2D eigenvalue weighted by molar-refractivity contribution is 7.89. The van der Waals surface area contributed by atoms with Gasteiger partial charge >= 0.3 is 0 Å². The lowest BCUT2D eigenvalue weighted by Crippen LogP contribution is -2.41. The molecule has 3 rings (SSSR count). The largest absolute Gasteiger partial charge is 0.492 e. The van der Waals surface area contributed by atoms with Crippen LogP contribution in [0.5, 0.6) is 5.75 Å². The topological polar surface area (TPSA) is 75.7 Å². The molecule has 1 aliphatic heterocycles. The van der Waals surface area contributed by atoms with Crippen LogP contribution in [-0.2, 0) is 14.8 Å². The molecule has 0 unspecified atom stereocenters. The molecule has 1 saturated heterocycles. The minimum atomic E-state index is -3.54. The van der Waals surface area contributed by atoms with E-state index in [4.69, 9.17) is 4.74 Å². The fourth-order valence-corrected chi connectivity index (χ4v) is 5.09. The Labute approximate surface area is 179 Å². The number of carbonyl (C=O) groups is 1. The van der Waals surface area contributed by atoms with Gasteiger partial charge in [0, 0.05) is 19.0 Å². The zero-order valence-electron chi connectivity index (χ0n) is 17.8. The van der Waals surface area contributed by atoms with Crippen LogP contribution >= 0.6 is 0 Å². The molecule has 1 heterocycles. The number of nitrogens with zero attached hydrogens (tertiary/aromatic N) is 1. The van der Waals surface area contributed by atoms with Crippen molar-refractivity contribution in [3.63, 3.8) is 0 Å². The molecular formula is C23H30N2O4S. The lowest BCUT2D eigenvalue weighted by atomic mass is 9.97. The van der Waals surface area contributed by atoms with E-state index in [9.17, 15) is 13.2 Å². The summed E-state index contributed by atoms with van der Waals surface area (Å²) >= 11 is 0. The van der Waals surface area contributed by atoms with Crippen LogP contribution in [0.2, 0.25) is 0 Å². The predicted octanol–water partition coefficient (Wildman–Crippen LogP) is 4.25. The Morgan fingerprint density at radius 1 is 1.10 bits per heavy atom. The summed E-state index contributed by atoms with van der Waals surface area (Å²) in [6.45, 7) is 7.23. The van der Waals surface area contributed by atoms with Crippen LogP contribution in [-0.4, -0.2) is 38.3 Å². The number of hydrogen-bond donors (Lipinski definition) is 1. The van der Waals surface area contributed by atoms with E-state index in [-0.39, 0.29) is 11.8 Å². The van der Waals surface area contributed by atoms with E-state index < -0.39 is 10.0 Å². The summed E-state index contributed by atoms with van der Waals surface area (Å²) in [5.74, 6) is 0.664. The van der Waals surface area contributed by atoms with Crippen molar-refractivity contribution in [1.29, 1.82) is 0 Å².